The van der Waals surface area contributed by atoms with Crippen molar-refractivity contribution < 1.29 is 8.42 Å². The van der Waals surface area contributed by atoms with E-state index in [0.717, 1.165) is 21.0 Å². The van der Waals surface area contributed by atoms with Gasteiger partial charge in [-0.3, -0.25) is 4.72 Å². The number of nitrogens with zero attached hydrogens (tertiary/aromatic N) is 2. The number of rotatable bonds is 4. The monoisotopic (exact) mass is 280 g/mol. The molecule has 0 aliphatic carbocycles. The number of pyridine rings is 1. The molecule has 2 rings (SSSR count). The van der Waals surface area contributed by atoms with Crippen molar-refractivity contribution in [2.45, 2.75) is 0 Å². The van der Waals surface area contributed by atoms with Crippen molar-refractivity contribution in [2.75, 3.05) is 31.2 Å². The Morgan fingerprint density at radius 2 is 1.89 bits per heavy atom. The van der Waals surface area contributed by atoms with Crippen molar-refractivity contribution in [3.63, 3.8) is 0 Å². The fourth-order valence-electron chi connectivity index (χ4n) is 1.57. The highest BCUT2D eigenvalue weighted by Gasteiger charge is 2.13. The second-order valence-electron chi connectivity index (χ2n) is 4.24. The van der Waals surface area contributed by atoms with Crippen LogP contribution in [-0.4, -0.2) is 38.9 Å². The van der Waals surface area contributed by atoms with E-state index in [1.165, 1.54) is 14.1 Å². The molecule has 0 unspecified atom stereocenters. The normalized spacial score (nSPS) is 11.8. The highest BCUT2D eigenvalue weighted by molar-refractivity contribution is 7.90. The van der Waals surface area contributed by atoms with E-state index >= 15 is 0 Å². The molecular weight excluding hydrogens is 264 g/mol. The molecule has 0 saturated heterocycles. The Hall–Kier alpha value is -1.86. The highest BCUT2D eigenvalue weighted by atomic mass is 32.2. The molecule has 2 N–H and O–H groups in total. The van der Waals surface area contributed by atoms with Crippen molar-refractivity contribution in [1.29, 1.82) is 0 Å². The molecule has 0 aliphatic heterocycles. The lowest BCUT2D eigenvalue weighted by molar-refractivity contribution is 0.527. The minimum atomic E-state index is -3.48. The van der Waals surface area contributed by atoms with Crippen molar-refractivity contribution in [3.05, 3.63) is 30.3 Å². The number of fused-ring (bicyclic) bond motifs is 1. The third-order valence-corrected chi connectivity index (χ3v) is 4.13. The summed E-state index contributed by atoms with van der Waals surface area (Å²) in [6, 6.07) is 8.95. The number of hydrogen-bond acceptors (Lipinski definition) is 4. The van der Waals surface area contributed by atoms with E-state index in [4.69, 9.17) is 0 Å². The average molecular weight is 280 g/mol. The molecule has 0 amide bonds. The molecule has 0 fully saturated rings. The van der Waals surface area contributed by atoms with Gasteiger partial charge in [-0.05, 0) is 30.3 Å². The molecule has 0 atom stereocenters. The van der Waals surface area contributed by atoms with E-state index in [0.29, 0.717) is 5.69 Å². The number of benzene rings is 1. The van der Waals surface area contributed by atoms with E-state index < -0.39 is 10.2 Å². The van der Waals surface area contributed by atoms with E-state index in [1.807, 2.05) is 12.1 Å². The van der Waals surface area contributed by atoms with Gasteiger partial charge in [-0.2, -0.15) is 12.7 Å². The van der Waals surface area contributed by atoms with Crippen LogP contribution in [0.5, 0.6) is 0 Å². The second-order valence-corrected chi connectivity index (χ2v) is 6.13. The van der Waals surface area contributed by atoms with Crippen LogP contribution < -0.4 is 10.0 Å². The van der Waals surface area contributed by atoms with Crippen molar-refractivity contribution in [1.82, 2.24) is 9.29 Å². The van der Waals surface area contributed by atoms with Gasteiger partial charge in [0.2, 0.25) is 0 Å². The fraction of sp³-hybridized carbons (Fsp3) is 0.250. The lowest BCUT2D eigenvalue weighted by Gasteiger charge is -2.13. The zero-order chi connectivity index (χ0) is 14.0. The van der Waals surface area contributed by atoms with E-state index in [9.17, 15) is 8.42 Å². The molecule has 1 aromatic carbocycles. The quantitative estimate of drug-likeness (QED) is 0.890. The lowest BCUT2D eigenvalue weighted by Crippen LogP contribution is -2.28. The lowest BCUT2D eigenvalue weighted by atomic mass is 10.2. The van der Waals surface area contributed by atoms with Crippen LogP contribution in [0, 0.1) is 0 Å². The molecule has 0 saturated carbocycles. The average Bonchev–Trinajstić information content (AvgIpc) is 2.37. The van der Waals surface area contributed by atoms with Crippen LogP contribution in [0.2, 0.25) is 0 Å². The van der Waals surface area contributed by atoms with Gasteiger partial charge < -0.3 is 5.32 Å². The third kappa shape index (κ3) is 2.94. The molecule has 102 valence electrons. The zero-order valence-electron chi connectivity index (χ0n) is 11.0. The standard InChI is InChI=1S/C12H16N4O2S/c1-13-12-7-4-9-8-10(5-6-11(9)14-12)15-19(17,18)16(2)3/h4-8,15H,1-3H3,(H,13,14). The van der Waals surface area contributed by atoms with Gasteiger partial charge >= 0.3 is 10.2 Å². The first-order chi connectivity index (χ1) is 8.92. The smallest absolute Gasteiger partial charge is 0.301 e. The molecule has 2 aromatic rings. The summed E-state index contributed by atoms with van der Waals surface area (Å²) in [6.45, 7) is 0. The molecule has 19 heavy (non-hydrogen) atoms. The molecule has 0 radical (unpaired) electrons. The predicted molar refractivity (Wildman–Crippen MR) is 77.5 cm³/mol. The first-order valence-corrected chi connectivity index (χ1v) is 7.15. The van der Waals surface area contributed by atoms with Crippen molar-refractivity contribution in [3.8, 4) is 0 Å². The highest BCUT2D eigenvalue weighted by Crippen LogP contribution is 2.20. The summed E-state index contributed by atoms with van der Waals surface area (Å²) >= 11 is 0. The maximum atomic E-state index is 11.7. The number of nitrogens with one attached hydrogen (secondary N) is 2. The van der Waals surface area contributed by atoms with Gasteiger partial charge in [0, 0.05) is 26.5 Å². The summed E-state index contributed by atoms with van der Waals surface area (Å²) in [7, 11) is 1.27. The Kier molecular flexibility index (Phi) is 3.59. The Balaban J connectivity index is 2.37. The van der Waals surface area contributed by atoms with Crippen molar-refractivity contribution >= 4 is 32.6 Å². The summed E-state index contributed by atoms with van der Waals surface area (Å²) in [6.07, 6.45) is 0. The maximum Gasteiger partial charge on any atom is 0.301 e. The van der Waals surface area contributed by atoms with Crippen LogP contribution >= 0.6 is 0 Å². The number of hydrogen-bond donors (Lipinski definition) is 2. The summed E-state index contributed by atoms with van der Waals surface area (Å²) < 4.78 is 27.1. The molecule has 6 nitrogen and oxygen atoms in total. The maximum absolute atomic E-state index is 11.7. The van der Waals surface area contributed by atoms with E-state index in [1.54, 1.807) is 25.2 Å². The first kappa shape index (κ1) is 13.6. The van der Waals surface area contributed by atoms with Gasteiger partial charge in [0.15, 0.2) is 0 Å². The van der Waals surface area contributed by atoms with Crippen LogP contribution in [0.25, 0.3) is 10.9 Å². The van der Waals surface area contributed by atoms with Crippen LogP contribution in [0.3, 0.4) is 0 Å². The van der Waals surface area contributed by atoms with Crippen molar-refractivity contribution in [2.24, 2.45) is 0 Å². The molecule has 1 aromatic heterocycles. The Bertz CT molecular complexity index is 698. The van der Waals surface area contributed by atoms with Gasteiger partial charge in [0.1, 0.15) is 5.82 Å². The van der Waals surface area contributed by atoms with Crippen LogP contribution in [0.4, 0.5) is 11.5 Å². The van der Waals surface area contributed by atoms with Gasteiger partial charge in [-0.25, -0.2) is 4.98 Å². The summed E-state index contributed by atoms with van der Waals surface area (Å²) in [5.74, 6) is 0.772. The minimum absolute atomic E-state index is 0.514. The zero-order valence-corrected chi connectivity index (χ0v) is 11.8. The van der Waals surface area contributed by atoms with Crippen LogP contribution in [0.15, 0.2) is 30.3 Å². The summed E-state index contributed by atoms with van der Waals surface area (Å²) in [5.41, 5.74) is 1.32. The Morgan fingerprint density at radius 3 is 2.53 bits per heavy atom. The van der Waals surface area contributed by atoms with Crippen LogP contribution in [0.1, 0.15) is 0 Å². The van der Waals surface area contributed by atoms with Gasteiger partial charge in [-0.15, -0.1) is 0 Å². The minimum Gasteiger partial charge on any atom is -0.373 e. The fourth-order valence-corrected chi connectivity index (χ4v) is 2.18. The molecule has 0 spiro atoms. The Labute approximate surface area is 112 Å². The first-order valence-electron chi connectivity index (χ1n) is 5.71. The van der Waals surface area contributed by atoms with E-state index in [-0.39, 0.29) is 0 Å². The third-order valence-electron chi connectivity index (χ3n) is 2.67. The molecule has 0 bridgehead atoms. The van der Waals surface area contributed by atoms with Gasteiger partial charge in [0.25, 0.3) is 0 Å². The summed E-state index contributed by atoms with van der Waals surface area (Å²) in [5, 5.41) is 3.83. The molecule has 1 heterocycles. The Morgan fingerprint density at radius 1 is 1.16 bits per heavy atom. The van der Waals surface area contributed by atoms with E-state index in [2.05, 4.69) is 15.0 Å². The second kappa shape index (κ2) is 5.02. The number of aromatic nitrogens is 1. The molecular formula is C12H16N4O2S. The molecule has 7 heteroatoms. The number of anilines is 2. The predicted octanol–water partition coefficient (Wildman–Crippen LogP) is 1.49. The van der Waals surface area contributed by atoms with Gasteiger partial charge in [0.05, 0.1) is 11.2 Å². The largest absolute Gasteiger partial charge is 0.373 e. The topological polar surface area (TPSA) is 74.3 Å². The summed E-state index contributed by atoms with van der Waals surface area (Å²) in [4.78, 5) is 4.37. The van der Waals surface area contributed by atoms with Gasteiger partial charge in [-0.1, -0.05) is 0 Å². The SMILES string of the molecule is CNc1ccc2cc(NS(=O)(=O)N(C)C)ccc2n1. The molecule has 0 aliphatic rings. The van der Waals surface area contributed by atoms with Crippen LogP contribution in [-0.2, 0) is 10.2 Å².